The molecule has 18 heavy (non-hydrogen) atoms. The molecular formula is C16H19NS. The molecule has 0 aliphatic carbocycles. The van der Waals surface area contributed by atoms with Crippen LogP contribution >= 0.6 is 11.8 Å². The average molecular weight is 257 g/mol. The molecule has 2 aromatic rings. The van der Waals surface area contributed by atoms with E-state index in [2.05, 4.69) is 60.8 Å². The lowest BCUT2D eigenvalue weighted by atomic mass is 10.1. The van der Waals surface area contributed by atoms with Gasteiger partial charge in [-0.2, -0.15) is 0 Å². The summed E-state index contributed by atoms with van der Waals surface area (Å²) in [5.41, 5.74) is 4.12. The number of aryl methyl sites for hydroxylation is 1. The van der Waals surface area contributed by atoms with E-state index in [1.54, 1.807) is 0 Å². The molecule has 0 fully saturated rings. The summed E-state index contributed by atoms with van der Waals surface area (Å²) in [6.45, 7) is 3.11. The van der Waals surface area contributed by atoms with Gasteiger partial charge in [0.25, 0.3) is 0 Å². The molecule has 0 aliphatic rings. The Bertz CT molecular complexity index is 491. The minimum atomic E-state index is 0.933. The molecule has 0 atom stereocenters. The summed E-state index contributed by atoms with van der Waals surface area (Å²) in [6.07, 6.45) is 0. The molecule has 1 N–H and O–H groups in total. The van der Waals surface area contributed by atoms with Gasteiger partial charge < -0.3 is 5.32 Å². The van der Waals surface area contributed by atoms with E-state index >= 15 is 0 Å². The van der Waals surface area contributed by atoms with Gasteiger partial charge in [0.2, 0.25) is 0 Å². The van der Waals surface area contributed by atoms with Crippen molar-refractivity contribution in [3.05, 3.63) is 65.2 Å². The second-order valence-electron chi connectivity index (χ2n) is 4.39. The van der Waals surface area contributed by atoms with Gasteiger partial charge >= 0.3 is 0 Å². The van der Waals surface area contributed by atoms with Crippen LogP contribution in [0.2, 0.25) is 0 Å². The number of benzene rings is 2. The van der Waals surface area contributed by atoms with Gasteiger partial charge in [-0.3, -0.25) is 0 Å². The summed E-state index contributed by atoms with van der Waals surface area (Å²) in [4.78, 5) is 1.33. The molecule has 0 bridgehead atoms. The van der Waals surface area contributed by atoms with Crippen molar-refractivity contribution in [2.24, 2.45) is 0 Å². The van der Waals surface area contributed by atoms with Crippen LogP contribution in [0.4, 0.5) is 0 Å². The fraction of sp³-hybridized carbons (Fsp3) is 0.250. The van der Waals surface area contributed by atoms with Gasteiger partial charge in [-0.05, 0) is 42.8 Å². The van der Waals surface area contributed by atoms with Crippen molar-refractivity contribution in [3.8, 4) is 0 Å². The summed E-state index contributed by atoms with van der Waals surface area (Å²) >= 11 is 1.89. The van der Waals surface area contributed by atoms with Crippen molar-refractivity contribution in [2.45, 2.75) is 24.1 Å². The van der Waals surface area contributed by atoms with Crippen molar-refractivity contribution >= 4 is 11.8 Å². The maximum Gasteiger partial charge on any atom is 0.0234 e. The highest BCUT2D eigenvalue weighted by atomic mass is 32.2. The van der Waals surface area contributed by atoms with Gasteiger partial charge in [-0.1, -0.05) is 36.4 Å². The predicted octanol–water partition coefficient (Wildman–Crippen LogP) is 4.01. The Morgan fingerprint density at radius 2 is 1.72 bits per heavy atom. The fourth-order valence-electron chi connectivity index (χ4n) is 1.84. The third-order valence-corrected chi connectivity index (χ3v) is 4.02. The van der Waals surface area contributed by atoms with Gasteiger partial charge in [-0.15, -0.1) is 11.8 Å². The molecule has 0 unspecified atom stereocenters. The fourth-order valence-corrected chi connectivity index (χ4v) is 2.82. The smallest absolute Gasteiger partial charge is 0.0234 e. The van der Waals surface area contributed by atoms with Crippen molar-refractivity contribution in [3.63, 3.8) is 0 Å². The van der Waals surface area contributed by atoms with E-state index in [4.69, 9.17) is 0 Å². The number of thioether (sulfide) groups is 1. The lowest BCUT2D eigenvalue weighted by Gasteiger charge is -2.06. The van der Waals surface area contributed by atoms with Gasteiger partial charge in [0.15, 0.2) is 0 Å². The summed E-state index contributed by atoms with van der Waals surface area (Å²) in [5.74, 6) is 1.04. The van der Waals surface area contributed by atoms with E-state index in [0.717, 1.165) is 12.3 Å². The summed E-state index contributed by atoms with van der Waals surface area (Å²) < 4.78 is 0. The number of nitrogens with one attached hydrogen (secondary N) is 1. The lowest BCUT2D eigenvalue weighted by molar-refractivity contribution is 0.817. The van der Waals surface area contributed by atoms with Crippen LogP contribution in [-0.2, 0) is 12.3 Å². The highest BCUT2D eigenvalue weighted by Gasteiger charge is 1.99. The lowest BCUT2D eigenvalue weighted by Crippen LogP contribution is -2.04. The molecular weight excluding hydrogens is 238 g/mol. The van der Waals surface area contributed by atoms with Crippen LogP contribution in [0.1, 0.15) is 16.7 Å². The van der Waals surface area contributed by atoms with Crippen molar-refractivity contribution in [2.75, 3.05) is 7.05 Å². The number of hydrogen-bond acceptors (Lipinski definition) is 2. The maximum atomic E-state index is 3.16. The highest BCUT2D eigenvalue weighted by molar-refractivity contribution is 7.98. The minimum absolute atomic E-state index is 0.933. The first kappa shape index (κ1) is 13.2. The average Bonchev–Trinajstić information content (AvgIpc) is 2.40. The standard InChI is InChI=1S/C16H19NS/c1-13-5-3-4-6-15(13)12-18-16-9-7-14(8-10-16)11-17-2/h3-10,17H,11-12H2,1-2H3. The first-order chi connectivity index (χ1) is 8.79. The third kappa shape index (κ3) is 3.62. The van der Waals surface area contributed by atoms with Gasteiger partial charge in [0.1, 0.15) is 0 Å². The summed E-state index contributed by atoms with van der Waals surface area (Å²) in [5, 5.41) is 3.16. The first-order valence-electron chi connectivity index (χ1n) is 6.20. The van der Waals surface area contributed by atoms with E-state index < -0.39 is 0 Å². The van der Waals surface area contributed by atoms with Crippen molar-refractivity contribution < 1.29 is 0 Å². The molecule has 2 heteroatoms. The van der Waals surface area contributed by atoms with E-state index in [9.17, 15) is 0 Å². The second kappa shape index (κ2) is 6.62. The molecule has 0 spiro atoms. The van der Waals surface area contributed by atoms with Crippen LogP contribution in [-0.4, -0.2) is 7.05 Å². The summed E-state index contributed by atoms with van der Waals surface area (Å²) in [6, 6.07) is 17.4. The van der Waals surface area contributed by atoms with Crippen LogP contribution in [0.25, 0.3) is 0 Å². The number of hydrogen-bond donors (Lipinski definition) is 1. The third-order valence-electron chi connectivity index (χ3n) is 2.96. The van der Waals surface area contributed by atoms with Gasteiger partial charge in [0.05, 0.1) is 0 Å². The molecule has 0 heterocycles. The quantitative estimate of drug-likeness (QED) is 0.812. The zero-order valence-corrected chi connectivity index (χ0v) is 11.8. The summed E-state index contributed by atoms with van der Waals surface area (Å²) in [7, 11) is 1.97. The predicted molar refractivity (Wildman–Crippen MR) is 79.9 cm³/mol. The van der Waals surface area contributed by atoms with Crippen LogP contribution in [0.5, 0.6) is 0 Å². The zero-order valence-electron chi connectivity index (χ0n) is 10.9. The monoisotopic (exact) mass is 257 g/mol. The topological polar surface area (TPSA) is 12.0 Å². The molecule has 0 amide bonds. The van der Waals surface area contributed by atoms with Gasteiger partial charge in [-0.25, -0.2) is 0 Å². The molecule has 0 saturated carbocycles. The zero-order chi connectivity index (χ0) is 12.8. The van der Waals surface area contributed by atoms with E-state index in [1.807, 2.05) is 18.8 Å². The van der Waals surface area contributed by atoms with Crippen molar-refractivity contribution in [1.82, 2.24) is 5.32 Å². The Labute approximate surface area is 114 Å². The normalized spacial score (nSPS) is 10.6. The van der Waals surface area contributed by atoms with Crippen LogP contribution in [0, 0.1) is 6.92 Å². The largest absolute Gasteiger partial charge is 0.316 e. The SMILES string of the molecule is CNCc1ccc(SCc2ccccc2C)cc1. The minimum Gasteiger partial charge on any atom is -0.316 e. The number of rotatable bonds is 5. The molecule has 2 rings (SSSR count). The molecule has 2 aromatic carbocycles. The Balaban J connectivity index is 1.96. The van der Waals surface area contributed by atoms with E-state index in [0.29, 0.717) is 0 Å². The molecule has 0 radical (unpaired) electrons. The van der Waals surface area contributed by atoms with Crippen LogP contribution in [0.3, 0.4) is 0 Å². The van der Waals surface area contributed by atoms with Gasteiger partial charge in [0, 0.05) is 17.2 Å². The Morgan fingerprint density at radius 3 is 2.39 bits per heavy atom. The Kier molecular flexibility index (Phi) is 4.85. The molecule has 94 valence electrons. The Hall–Kier alpha value is -1.25. The van der Waals surface area contributed by atoms with Crippen LogP contribution in [0.15, 0.2) is 53.4 Å². The molecule has 0 saturated heterocycles. The van der Waals surface area contributed by atoms with E-state index in [1.165, 1.54) is 21.6 Å². The second-order valence-corrected chi connectivity index (χ2v) is 5.44. The van der Waals surface area contributed by atoms with E-state index in [-0.39, 0.29) is 0 Å². The first-order valence-corrected chi connectivity index (χ1v) is 7.19. The molecule has 0 aromatic heterocycles. The maximum absolute atomic E-state index is 3.16. The molecule has 0 aliphatic heterocycles. The highest BCUT2D eigenvalue weighted by Crippen LogP contribution is 2.24. The van der Waals surface area contributed by atoms with Crippen LogP contribution < -0.4 is 5.32 Å². The molecule has 1 nitrogen and oxygen atoms in total. The van der Waals surface area contributed by atoms with Crippen molar-refractivity contribution in [1.29, 1.82) is 0 Å². The Morgan fingerprint density at radius 1 is 1.00 bits per heavy atom.